The van der Waals surface area contributed by atoms with E-state index in [9.17, 15) is 9.90 Å². The van der Waals surface area contributed by atoms with E-state index in [1.54, 1.807) is 4.90 Å². The van der Waals surface area contributed by atoms with Crippen LogP contribution >= 0.6 is 11.6 Å². The number of nitrogens with zero attached hydrogens (tertiary/aromatic N) is 2. The molecule has 3 aromatic carbocycles. The molecular weight excluding hydrogens is 462 g/mol. The summed E-state index contributed by atoms with van der Waals surface area (Å²) in [5, 5.41) is 12.8. The number of ether oxygens (including phenoxy) is 1. The summed E-state index contributed by atoms with van der Waals surface area (Å²) in [5.41, 5.74) is 4.21. The van der Waals surface area contributed by atoms with Crippen LogP contribution in [0.15, 0.2) is 85.1 Å². The average Bonchev–Trinajstić information content (AvgIpc) is 3.49. The highest BCUT2D eigenvalue weighted by molar-refractivity contribution is 6.30. The normalized spacial score (nSPS) is 17.9. The van der Waals surface area contributed by atoms with Crippen LogP contribution < -0.4 is 0 Å². The average molecular weight is 490 g/mol. The van der Waals surface area contributed by atoms with Crippen molar-refractivity contribution in [1.82, 2.24) is 14.8 Å². The van der Waals surface area contributed by atoms with Crippen molar-refractivity contribution in [2.75, 3.05) is 13.1 Å². The van der Waals surface area contributed by atoms with Crippen LogP contribution in [0, 0.1) is 0 Å². The predicted octanol–water partition coefficient (Wildman–Crippen LogP) is 5.21. The zero-order chi connectivity index (χ0) is 24.2. The van der Waals surface area contributed by atoms with Gasteiger partial charge in [0.15, 0.2) is 0 Å². The van der Waals surface area contributed by atoms with Gasteiger partial charge in [-0.15, -0.1) is 0 Å². The van der Waals surface area contributed by atoms with Crippen LogP contribution in [0.5, 0.6) is 0 Å². The van der Waals surface area contributed by atoms with Crippen molar-refractivity contribution in [1.29, 1.82) is 0 Å². The summed E-state index contributed by atoms with van der Waals surface area (Å²) in [5.74, 6) is 0. The van der Waals surface area contributed by atoms with Gasteiger partial charge in [0.25, 0.3) is 0 Å². The monoisotopic (exact) mass is 489 g/mol. The fraction of sp³-hybridized carbons (Fsp3) is 0.250. The molecule has 0 bridgehead atoms. The van der Waals surface area contributed by atoms with Crippen LogP contribution in [0.3, 0.4) is 0 Å². The second-order valence-electron chi connectivity index (χ2n) is 9.01. The van der Waals surface area contributed by atoms with E-state index in [1.165, 1.54) is 0 Å². The molecule has 5 rings (SSSR count). The standard InChI is InChI=1S/C28H28ClN3O3/c29-24-8-4-7-21(14-24)15-31(16-22-9-10-25-23(13-22)11-12-30-25)26-17-32(18-27(26)33)28(34)35-19-20-5-2-1-3-6-20/h1-14,26-27,30,33H,15-19H2/t26-,27-/m1/s1. The molecule has 0 unspecified atom stereocenters. The highest BCUT2D eigenvalue weighted by Gasteiger charge is 2.38. The van der Waals surface area contributed by atoms with Gasteiger partial charge >= 0.3 is 6.09 Å². The molecule has 2 heterocycles. The van der Waals surface area contributed by atoms with Crippen molar-refractivity contribution in [2.24, 2.45) is 0 Å². The molecule has 1 aromatic heterocycles. The van der Waals surface area contributed by atoms with Crippen molar-refractivity contribution in [3.8, 4) is 0 Å². The number of hydrogen-bond donors (Lipinski definition) is 2. The summed E-state index contributed by atoms with van der Waals surface area (Å²) in [4.78, 5) is 19.8. The third-order valence-corrected chi connectivity index (χ3v) is 6.70. The van der Waals surface area contributed by atoms with E-state index in [1.807, 2.05) is 60.8 Å². The molecule has 0 aliphatic carbocycles. The molecule has 1 aliphatic rings. The number of aromatic nitrogens is 1. The number of aliphatic hydroxyl groups is 1. The number of rotatable bonds is 7. The van der Waals surface area contributed by atoms with E-state index >= 15 is 0 Å². The lowest BCUT2D eigenvalue weighted by atomic mass is 10.1. The molecule has 0 spiro atoms. The maximum absolute atomic E-state index is 12.8. The molecule has 1 amide bonds. The molecule has 1 aliphatic heterocycles. The summed E-state index contributed by atoms with van der Waals surface area (Å²) < 4.78 is 5.52. The third-order valence-electron chi connectivity index (χ3n) is 6.47. The smallest absolute Gasteiger partial charge is 0.410 e. The van der Waals surface area contributed by atoms with Crippen LogP contribution in [-0.4, -0.2) is 51.2 Å². The van der Waals surface area contributed by atoms with E-state index in [-0.39, 0.29) is 19.2 Å². The molecule has 0 radical (unpaired) electrons. The van der Waals surface area contributed by atoms with Crippen molar-refractivity contribution < 1.29 is 14.6 Å². The first-order chi connectivity index (χ1) is 17.0. The predicted molar refractivity (Wildman–Crippen MR) is 137 cm³/mol. The quantitative estimate of drug-likeness (QED) is 0.374. The van der Waals surface area contributed by atoms with Crippen LogP contribution in [0.1, 0.15) is 16.7 Å². The van der Waals surface area contributed by atoms with Gasteiger partial charge in [0, 0.05) is 36.4 Å². The zero-order valence-corrected chi connectivity index (χ0v) is 20.1. The minimum absolute atomic E-state index is 0.208. The van der Waals surface area contributed by atoms with Gasteiger partial charge in [0.1, 0.15) is 6.61 Å². The molecule has 1 saturated heterocycles. The van der Waals surface area contributed by atoms with Gasteiger partial charge in [-0.05, 0) is 52.4 Å². The zero-order valence-electron chi connectivity index (χ0n) is 19.3. The first-order valence-electron chi connectivity index (χ1n) is 11.7. The Balaban J connectivity index is 1.32. The van der Waals surface area contributed by atoms with Crippen molar-refractivity contribution >= 4 is 28.6 Å². The van der Waals surface area contributed by atoms with Gasteiger partial charge in [-0.1, -0.05) is 60.1 Å². The Labute approximate surface area is 209 Å². The number of nitrogens with one attached hydrogen (secondary N) is 1. The Morgan fingerprint density at radius 3 is 2.54 bits per heavy atom. The second-order valence-corrected chi connectivity index (χ2v) is 9.45. The number of fused-ring (bicyclic) bond motifs is 1. The number of halogens is 1. The molecule has 1 fully saturated rings. The van der Waals surface area contributed by atoms with Crippen LogP contribution in [0.25, 0.3) is 10.9 Å². The van der Waals surface area contributed by atoms with Gasteiger partial charge in [-0.25, -0.2) is 4.79 Å². The van der Waals surface area contributed by atoms with Gasteiger partial charge < -0.3 is 19.7 Å². The summed E-state index contributed by atoms with van der Waals surface area (Å²) >= 11 is 6.24. The Bertz CT molecular complexity index is 1290. The Morgan fingerprint density at radius 2 is 1.74 bits per heavy atom. The van der Waals surface area contributed by atoms with Gasteiger partial charge in [0.2, 0.25) is 0 Å². The van der Waals surface area contributed by atoms with Crippen molar-refractivity contribution in [3.05, 3.63) is 107 Å². The topological polar surface area (TPSA) is 68.8 Å². The first kappa shape index (κ1) is 23.4. The maximum atomic E-state index is 12.8. The van der Waals surface area contributed by atoms with Crippen molar-refractivity contribution in [2.45, 2.75) is 31.8 Å². The van der Waals surface area contributed by atoms with E-state index in [2.05, 4.69) is 34.1 Å². The molecule has 0 saturated carbocycles. The molecular formula is C28H28ClN3O3. The van der Waals surface area contributed by atoms with Gasteiger partial charge in [-0.2, -0.15) is 0 Å². The van der Waals surface area contributed by atoms with Gasteiger partial charge in [0.05, 0.1) is 18.7 Å². The molecule has 180 valence electrons. The molecule has 7 heteroatoms. The molecule has 2 atom stereocenters. The third kappa shape index (κ3) is 5.68. The number of aliphatic hydroxyl groups excluding tert-OH is 1. The summed E-state index contributed by atoms with van der Waals surface area (Å²) in [7, 11) is 0. The second kappa shape index (κ2) is 10.5. The minimum atomic E-state index is -0.686. The number of carbonyl (C=O) groups excluding carboxylic acids is 1. The van der Waals surface area contributed by atoms with E-state index in [0.29, 0.717) is 24.7 Å². The van der Waals surface area contributed by atoms with Crippen LogP contribution in [0.4, 0.5) is 4.79 Å². The fourth-order valence-corrected chi connectivity index (χ4v) is 4.90. The first-order valence-corrected chi connectivity index (χ1v) is 12.1. The molecule has 2 N–H and O–H groups in total. The largest absolute Gasteiger partial charge is 0.445 e. The van der Waals surface area contributed by atoms with E-state index < -0.39 is 12.2 Å². The van der Waals surface area contributed by atoms with E-state index in [0.717, 1.165) is 27.6 Å². The van der Waals surface area contributed by atoms with E-state index in [4.69, 9.17) is 16.3 Å². The number of H-pyrrole nitrogens is 1. The summed E-state index contributed by atoms with van der Waals surface area (Å²) in [6.45, 7) is 2.06. The summed E-state index contributed by atoms with van der Waals surface area (Å²) in [6, 6.07) is 25.5. The Morgan fingerprint density at radius 1 is 0.971 bits per heavy atom. The van der Waals surface area contributed by atoms with Gasteiger partial charge in [-0.3, -0.25) is 4.90 Å². The number of aromatic amines is 1. The molecule has 6 nitrogen and oxygen atoms in total. The number of carbonyl (C=O) groups is 1. The number of amides is 1. The maximum Gasteiger partial charge on any atom is 0.410 e. The lowest BCUT2D eigenvalue weighted by Crippen LogP contribution is -2.42. The fourth-order valence-electron chi connectivity index (χ4n) is 4.68. The molecule has 4 aromatic rings. The SMILES string of the molecule is O=C(OCc1ccccc1)N1C[C@@H](O)[C@H](N(Cc2cccc(Cl)c2)Cc2ccc3[nH]ccc3c2)C1. The number of hydrogen-bond acceptors (Lipinski definition) is 4. The highest BCUT2D eigenvalue weighted by Crippen LogP contribution is 2.24. The number of β-amino-alcohol motifs (C(OH)–C–C–N with tert-alkyl or cyclic N) is 1. The lowest BCUT2D eigenvalue weighted by Gasteiger charge is -2.31. The van der Waals surface area contributed by atoms with Crippen LogP contribution in [-0.2, 0) is 24.4 Å². The number of benzene rings is 3. The summed E-state index contributed by atoms with van der Waals surface area (Å²) in [6.07, 6.45) is 0.832. The molecule has 35 heavy (non-hydrogen) atoms. The Kier molecular flexibility index (Phi) is 7.04. The minimum Gasteiger partial charge on any atom is -0.445 e. The van der Waals surface area contributed by atoms with Crippen molar-refractivity contribution in [3.63, 3.8) is 0 Å². The number of likely N-dealkylation sites (tertiary alicyclic amines) is 1. The Hall–Kier alpha value is -3.32. The highest BCUT2D eigenvalue weighted by atomic mass is 35.5. The lowest BCUT2D eigenvalue weighted by molar-refractivity contribution is 0.0728. The van der Waals surface area contributed by atoms with Crippen LogP contribution in [0.2, 0.25) is 5.02 Å².